The number of fused-ring (bicyclic) bond motifs is 3. The van der Waals surface area contributed by atoms with Crippen LogP contribution in [0.3, 0.4) is 0 Å². The summed E-state index contributed by atoms with van der Waals surface area (Å²) in [6.07, 6.45) is 5.80. The van der Waals surface area contributed by atoms with Gasteiger partial charge in [-0.2, -0.15) is 5.10 Å². The number of aryl methyl sites for hydroxylation is 2. The summed E-state index contributed by atoms with van der Waals surface area (Å²) in [5.74, 6) is -0.0865. The van der Waals surface area contributed by atoms with Gasteiger partial charge in [-0.1, -0.05) is 0 Å². The van der Waals surface area contributed by atoms with Gasteiger partial charge in [-0.3, -0.25) is 19.6 Å². The Hall–Kier alpha value is -3.00. The van der Waals surface area contributed by atoms with E-state index in [1.165, 1.54) is 4.68 Å². The lowest BCUT2D eigenvalue weighted by atomic mass is 9.77. The third-order valence-electron chi connectivity index (χ3n) is 7.91. The molecule has 1 aliphatic carbocycles. The van der Waals surface area contributed by atoms with Crippen molar-refractivity contribution in [1.29, 1.82) is 0 Å². The molecule has 3 heterocycles. The Kier molecular flexibility index (Phi) is 5.39. The van der Waals surface area contributed by atoms with E-state index in [2.05, 4.69) is 60.3 Å². The van der Waals surface area contributed by atoms with Crippen LogP contribution in [-0.2, 0) is 12.8 Å². The lowest BCUT2D eigenvalue weighted by Crippen LogP contribution is -2.62. The SMILES string of the molecule is CN1C(C)(C)CC(NC(=O)c2ccc(-n3[nH]c4c5c(nnc4c3=O)CCCC5)cc2)CC1(C)C. The minimum Gasteiger partial charge on any atom is -0.349 e. The molecular weight excluding hydrogens is 428 g/mol. The van der Waals surface area contributed by atoms with Crippen molar-refractivity contribution in [2.45, 2.75) is 83.3 Å². The molecule has 1 aliphatic heterocycles. The van der Waals surface area contributed by atoms with E-state index in [9.17, 15) is 9.59 Å². The van der Waals surface area contributed by atoms with Crippen molar-refractivity contribution in [3.63, 3.8) is 0 Å². The van der Waals surface area contributed by atoms with Gasteiger partial charge in [0, 0.05) is 28.2 Å². The number of H-pyrrole nitrogens is 1. The van der Waals surface area contributed by atoms with Crippen LogP contribution in [0.2, 0.25) is 0 Å². The fraction of sp³-hybridized carbons (Fsp3) is 0.538. The third-order valence-corrected chi connectivity index (χ3v) is 7.91. The number of hydrogen-bond donors (Lipinski definition) is 2. The zero-order valence-corrected chi connectivity index (χ0v) is 20.7. The van der Waals surface area contributed by atoms with E-state index in [0.29, 0.717) is 16.8 Å². The van der Waals surface area contributed by atoms with Crippen molar-refractivity contribution in [2.75, 3.05) is 7.05 Å². The molecule has 8 nitrogen and oxygen atoms in total. The lowest BCUT2D eigenvalue weighted by molar-refractivity contribution is -0.0169. The number of aromatic nitrogens is 4. The van der Waals surface area contributed by atoms with Gasteiger partial charge in [-0.05, 0) is 97.5 Å². The highest BCUT2D eigenvalue weighted by Crippen LogP contribution is 2.37. The summed E-state index contributed by atoms with van der Waals surface area (Å²) in [7, 11) is 2.16. The predicted molar refractivity (Wildman–Crippen MR) is 133 cm³/mol. The average Bonchev–Trinajstić information content (AvgIpc) is 3.14. The highest BCUT2D eigenvalue weighted by atomic mass is 16.2. The molecule has 0 radical (unpaired) electrons. The summed E-state index contributed by atoms with van der Waals surface area (Å²) in [6, 6.07) is 7.25. The summed E-state index contributed by atoms with van der Waals surface area (Å²) >= 11 is 0. The number of carbonyl (C=O) groups excluding carboxylic acids is 1. The fourth-order valence-corrected chi connectivity index (χ4v) is 5.80. The quantitative estimate of drug-likeness (QED) is 0.622. The van der Waals surface area contributed by atoms with Crippen LogP contribution in [0.4, 0.5) is 0 Å². The Bertz CT molecular complexity index is 1280. The molecule has 1 aromatic carbocycles. The van der Waals surface area contributed by atoms with Crippen molar-refractivity contribution in [3.05, 3.63) is 51.4 Å². The predicted octanol–water partition coefficient (Wildman–Crippen LogP) is 3.37. The molecule has 5 rings (SSSR count). The minimum absolute atomic E-state index is 0.00241. The molecule has 0 spiro atoms. The molecule has 34 heavy (non-hydrogen) atoms. The number of benzene rings is 1. The van der Waals surface area contributed by atoms with Crippen LogP contribution >= 0.6 is 0 Å². The minimum atomic E-state index is -0.219. The molecule has 0 atom stereocenters. The van der Waals surface area contributed by atoms with Crippen molar-refractivity contribution in [3.8, 4) is 5.69 Å². The van der Waals surface area contributed by atoms with Crippen LogP contribution in [0.5, 0.6) is 0 Å². The molecule has 1 fully saturated rings. The molecule has 8 heteroatoms. The van der Waals surface area contributed by atoms with Crippen LogP contribution in [0, 0.1) is 0 Å². The molecule has 1 amide bonds. The van der Waals surface area contributed by atoms with Gasteiger partial charge in [0.2, 0.25) is 0 Å². The normalized spacial score (nSPS) is 20.3. The molecule has 2 aromatic heterocycles. The number of piperidine rings is 1. The van der Waals surface area contributed by atoms with E-state index in [1.807, 2.05) is 0 Å². The summed E-state index contributed by atoms with van der Waals surface area (Å²) in [5.41, 5.74) is 4.28. The van der Waals surface area contributed by atoms with Crippen molar-refractivity contribution < 1.29 is 4.79 Å². The highest BCUT2D eigenvalue weighted by Gasteiger charge is 2.43. The molecule has 1 saturated heterocycles. The number of aromatic amines is 1. The summed E-state index contributed by atoms with van der Waals surface area (Å²) in [6.45, 7) is 8.89. The van der Waals surface area contributed by atoms with Crippen molar-refractivity contribution in [2.24, 2.45) is 0 Å². The van der Waals surface area contributed by atoms with Crippen LogP contribution in [-0.4, -0.2) is 55.0 Å². The van der Waals surface area contributed by atoms with Crippen LogP contribution in [0.25, 0.3) is 16.7 Å². The highest BCUT2D eigenvalue weighted by molar-refractivity contribution is 5.94. The molecule has 180 valence electrons. The fourth-order valence-electron chi connectivity index (χ4n) is 5.80. The largest absolute Gasteiger partial charge is 0.349 e. The Morgan fingerprint density at radius 2 is 1.68 bits per heavy atom. The van der Waals surface area contributed by atoms with E-state index in [-0.39, 0.29) is 28.6 Å². The Balaban J connectivity index is 1.37. The molecule has 2 N–H and O–H groups in total. The van der Waals surface area contributed by atoms with Crippen molar-refractivity contribution >= 4 is 16.9 Å². The maximum atomic E-state index is 13.0. The molecule has 2 aliphatic rings. The van der Waals surface area contributed by atoms with Gasteiger partial charge >= 0.3 is 0 Å². The first-order valence-electron chi connectivity index (χ1n) is 12.2. The number of likely N-dealkylation sites (tertiary alicyclic amines) is 1. The molecule has 0 unspecified atom stereocenters. The van der Waals surface area contributed by atoms with Gasteiger partial charge in [0.1, 0.15) is 0 Å². The van der Waals surface area contributed by atoms with Crippen LogP contribution < -0.4 is 10.9 Å². The second-order valence-electron chi connectivity index (χ2n) is 11.1. The first-order chi connectivity index (χ1) is 16.1. The van der Waals surface area contributed by atoms with Crippen molar-refractivity contribution in [1.82, 2.24) is 30.2 Å². The van der Waals surface area contributed by atoms with Gasteiger partial charge in [-0.15, -0.1) is 5.10 Å². The number of amides is 1. The standard InChI is InChI=1S/C26H34N6O2/c1-25(2)14-17(15-26(3,4)31(25)5)27-23(33)16-10-12-18(13-11-16)32-24(34)22-21(30-32)19-8-6-7-9-20(19)28-29-22/h10-13,17,30H,6-9,14-15H2,1-5H3,(H,27,33). The smallest absolute Gasteiger partial charge is 0.299 e. The van der Waals surface area contributed by atoms with Gasteiger partial charge in [-0.25, -0.2) is 4.68 Å². The molecule has 3 aromatic rings. The number of nitrogens with one attached hydrogen (secondary N) is 2. The summed E-state index contributed by atoms with van der Waals surface area (Å²) in [4.78, 5) is 28.4. The Morgan fingerprint density at radius 1 is 1.03 bits per heavy atom. The molecule has 0 bridgehead atoms. The molecular formula is C26H34N6O2. The first kappa shape index (κ1) is 22.8. The maximum absolute atomic E-state index is 13.0. The topological polar surface area (TPSA) is 95.9 Å². The number of rotatable bonds is 3. The van der Waals surface area contributed by atoms with Gasteiger partial charge < -0.3 is 5.32 Å². The van der Waals surface area contributed by atoms with Crippen LogP contribution in [0.1, 0.15) is 75.0 Å². The number of carbonyl (C=O) groups is 1. The Morgan fingerprint density at radius 3 is 2.35 bits per heavy atom. The zero-order chi connectivity index (χ0) is 24.3. The maximum Gasteiger partial charge on any atom is 0.299 e. The second kappa shape index (κ2) is 8.05. The number of hydrogen-bond acceptors (Lipinski definition) is 5. The second-order valence-corrected chi connectivity index (χ2v) is 11.1. The van der Waals surface area contributed by atoms with Gasteiger partial charge in [0.05, 0.1) is 16.9 Å². The first-order valence-corrected chi connectivity index (χ1v) is 12.2. The van der Waals surface area contributed by atoms with E-state index in [1.54, 1.807) is 24.3 Å². The van der Waals surface area contributed by atoms with Crippen LogP contribution in [0.15, 0.2) is 29.1 Å². The van der Waals surface area contributed by atoms with Gasteiger partial charge in [0.15, 0.2) is 5.52 Å². The zero-order valence-electron chi connectivity index (χ0n) is 20.7. The Labute approximate surface area is 199 Å². The average molecular weight is 463 g/mol. The van der Waals surface area contributed by atoms with Gasteiger partial charge in [0.25, 0.3) is 11.5 Å². The van der Waals surface area contributed by atoms with E-state index < -0.39 is 0 Å². The third kappa shape index (κ3) is 3.83. The monoisotopic (exact) mass is 462 g/mol. The summed E-state index contributed by atoms with van der Waals surface area (Å²) in [5, 5.41) is 15.0. The van der Waals surface area contributed by atoms with E-state index in [0.717, 1.165) is 55.3 Å². The lowest BCUT2D eigenvalue weighted by Gasteiger charge is -2.53. The van der Waals surface area contributed by atoms with E-state index >= 15 is 0 Å². The molecule has 0 saturated carbocycles. The number of nitrogens with zero attached hydrogens (tertiary/aromatic N) is 4. The summed E-state index contributed by atoms with van der Waals surface area (Å²) < 4.78 is 1.50. The van der Waals surface area contributed by atoms with E-state index in [4.69, 9.17) is 0 Å².